The molecule has 1 aromatic rings. The second kappa shape index (κ2) is 8.54. The Labute approximate surface area is 121 Å². The van der Waals surface area contributed by atoms with Gasteiger partial charge in [0.15, 0.2) is 0 Å². The summed E-state index contributed by atoms with van der Waals surface area (Å²) in [5, 5.41) is 12.1. The molecule has 20 heavy (non-hydrogen) atoms. The number of aliphatic hydroxyl groups excluding tert-OH is 1. The summed E-state index contributed by atoms with van der Waals surface area (Å²) in [6, 6.07) is 8.18. The van der Waals surface area contributed by atoms with Gasteiger partial charge in [0.1, 0.15) is 0 Å². The number of hydrogen-bond donors (Lipinski definition) is 2. The van der Waals surface area contributed by atoms with Crippen LogP contribution in [0.1, 0.15) is 37.8 Å². The summed E-state index contributed by atoms with van der Waals surface area (Å²) < 4.78 is 0. The Morgan fingerprint density at radius 2 is 1.95 bits per heavy atom. The summed E-state index contributed by atoms with van der Waals surface area (Å²) in [6.07, 6.45) is 4.61. The van der Waals surface area contributed by atoms with Crippen molar-refractivity contribution in [2.45, 2.75) is 39.7 Å². The summed E-state index contributed by atoms with van der Waals surface area (Å²) in [6.45, 7) is 6.45. The van der Waals surface area contributed by atoms with Crippen LogP contribution in [0, 0.1) is 12.8 Å². The van der Waals surface area contributed by atoms with Gasteiger partial charge in [-0.3, -0.25) is 4.79 Å². The summed E-state index contributed by atoms with van der Waals surface area (Å²) in [7, 11) is 0. The van der Waals surface area contributed by atoms with Gasteiger partial charge in [-0.15, -0.1) is 0 Å². The van der Waals surface area contributed by atoms with E-state index in [2.05, 4.69) is 24.4 Å². The number of hydrogen-bond acceptors (Lipinski definition) is 2. The number of carbonyl (C=O) groups is 1. The minimum Gasteiger partial charge on any atom is -0.393 e. The number of carbonyl (C=O) groups excluding carboxylic acids is 1. The minimum absolute atomic E-state index is 0.0193. The minimum atomic E-state index is -0.316. The fraction of sp³-hybridized carbons (Fsp3) is 0.471. The lowest BCUT2D eigenvalue weighted by atomic mass is 10.0. The van der Waals surface area contributed by atoms with Crippen LogP contribution in [0.25, 0.3) is 6.08 Å². The molecule has 0 saturated heterocycles. The zero-order valence-corrected chi connectivity index (χ0v) is 12.6. The summed E-state index contributed by atoms with van der Waals surface area (Å²) in [5.74, 6) is 0.311. The molecular formula is C17H25NO2. The van der Waals surface area contributed by atoms with E-state index in [0.29, 0.717) is 25.3 Å². The van der Waals surface area contributed by atoms with E-state index < -0.39 is 0 Å². The molecule has 0 aliphatic heterocycles. The average molecular weight is 275 g/mol. The molecule has 3 heteroatoms. The first kappa shape index (κ1) is 16.4. The standard InChI is InChI=1S/C17H25NO2/c1-13-7-9-16(10-8-13)5-4-6-17(20)18-12-14(2)11-15(3)19/h4-5,7-10,14-15,19H,6,11-12H2,1-3H3,(H,18,20). The van der Waals surface area contributed by atoms with Gasteiger partial charge >= 0.3 is 0 Å². The van der Waals surface area contributed by atoms with Crippen molar-refractivity contribution in [3.8, 4) is 0 Å². The number of aryl methyl sites for hydroxylation is 1. The summed E-state index contributed by atoms with van der Waals surface area (Å²) >= 11 is 0. The number of rotatable bonds is 7. The lowest BCUT2D eigenvalue weighted by Crippen LogP contribution is -2.28. The van der Waals surface area contributed by atoms with E-state index in [1.807, 2.05) is 31.2 Å². The molecule has 0 aliphatic rings. The maximum atomic E-state index is 11.7. The number of amides is 1. The van der Waals surface area contributed by atoms with Gasteiger partial charge in [0.25, 0.3) is 0 Å². The quantitative estimate of drug-likeness (QED) is 0.804. The highest BCUT2D eigenvalue weighted by Crippen LogP contribution is 2.06. The Morgan fingerprint density at radius 1 is 1.30 bits per heavy atom. The smallest absolute Gasteiger partial charge is 0.223 e. The van der Waals surface area contributed by atoms with Gasteiger partial charge in [-0.05, 0) is 31.7 Å². The third-order valence-electron chi connectivity index (χ3n) is 3.08. The molecule has 2 unspecified atom stereocenters. The Kier molecular flexibility index (Phi) is 7.02. The largest absolute Gasteiger partial charge is 0.393 e. The molecule has 110 valence electrons. The Balaban J connectivity index is 2.27. The predicted octanol–water partition coefficient (Wildman–Crippen LogP) is 2.92. The molecule has 1 rings (SSSR count). The van der Waals surface area contributed by atoms with Crippen molar-refractivity contribution in [3.05, 3.63) is 41.5 Å². The highest BCUT2D eigenvalue weighted by Gasteiger charge is 2.07. The molecule has 1 amide bonds. The van der Waals surface area contributed by atoms with E-state index in [9.17, 15) is 9.90 Å². The zero-order chi connectivity index (χ0) is 15.0. The van der Waals surface area contributed by atoms with Crippen molar-refractivity contribution >= 4 is 12.0 Å². The molecule has 0 bridgehead atoms. The van der Waals surface area contributed by atoms with Gasteiger partial charge in [0, 0.05) is 13.0 Å². The molecular weight excluding hydrogens is 250 g/mol. The van der Waals surface area contributed by atoms with Gasteiger partial charge in [0.05, 0.1) is 6.10 Å². The molecule has 0 aliphatic carbocycles. The molecule has 2 N–H and O–H groups in total. The van der Waals surface area contributed by atoms with E-state index in [4.69, 9.17) is 0 Å². The van der Waals surface area contributed by atoms with Crippen molar-refractivity contribution in [2.24, 2.45) is 5.92 Å². The Morgan fingerprint density at radius 3 is 2.55 bits per heavy atom. The first-order valence-corrected chi connectivity index (χ1v) is 7.15. The van der Waals surface area contributed by atoms with E-state index in [0.717, 1.165) is 5.56 Å². The van der Waals surface area contributed by atoms with Crippen molar-refractivity contribution in [1.82, 2.24) is 5.32 Å². The third-order valence-corrected chi connectivity index (χ3v) is 3.08. The van der Waals surface area contributed by atoms with Crippen molar-refractivity contribution in [3.63, 3.8) is 0 Å². The number of benzene rings is 1. The van der Waals surface area contributed by atoms with Crippen LogP contribution in [0.3, 0.4) is 0 Å². The number of aliphatic hydroxyl groups is 1. The van der Waals surface area contributed by atoms with Crippen LogP contribution in [0.15, 0.2) is 30.3 Å². The lowest BCUT2D eigenvalue weighted by Gasteiger charge is -2.13. The molecule has 1 aromatic carbocycles. The van der Waals surface area contributed by atoms with Gasteiger partial charge in [-0.25, -0.2) is 0 Å². The Bertz CT molecular complexity index is 435. The maximum Gasteiger partial charge on any atom is 0.223 e. The molecule has 0 spiro atoms. The molecule has 0 aromatic heterocycles. The zero-order valence-electron chi connectivity index (χ0n) is 12.6. The second-order valence-corrected chi connectivity index (χ2v) is 5.51. The van der Waals surface area contributed by atoms with E-state index in [1.165, 1.54) is 5.56 Å². The van der Waals surface area contributed by atoms with Gasteiger partial charge in [0.2, 0.25) is 5.91 Å². The highest BCUT2D eigenvalue weighted by atomic mass is 16.3. The van der Waals surface area contributed by atoms with E-state index >= 15 is 0 Å². The molecule has 0 heterocycles. The summed E-state index contributed by atoms with van der Waals surface area (Å²) in [4.78, 5) is 11.7. The molecule has 0 fully saturated rings. The van der Waals surface area contributed by atoms with E-state index in [1.54, 1.807) is 6.92 Å². The SMILES string of the molecule is Cc1ccc(C=CCC(=O)NCC(C)CC(C)O)cc1. The van der Waals surface area contributed by atoms with Crippen LogP contribution in [-0.4, -0.2) is 23.7 Å². The van der Waals surface area contributed by atoms with Gasteiger partial charge in [-0.2, -0.15) is 0 Å². The van der Waals surface area contributed by atoms with Crippen molar-refractivity contribution < 1.29 is 9.90 Å². The van der Waals surface area contributed by atoms with Gasteiger partial charge in [-0.1, -0.05) is 48.9 Å². The van der Waals surface area contributed by atoms with Crippen LogP contribution < -0.4 is 5.32 Å². The molecule has 0 saturated carbocycles. The fourth-order valence-corrected chi connectivity index (χ4v) is 2.01. The van der Waals surface area contributed by atoms with Gasteiger partial charge < -0.3 is 10.4 Å². The second-order valence-electron chi connectivity index (χ2n) is 5.51. The van der Waals surface area contributed by atoms with Crippen molar-refractivity contribution in [1.29, 1.82) is 0 Å². The predicted molar refractivity (Wildman–Crippen MR) is 83.3 cm³/mol. The van der Waals surface area contributed by atoms with Crippen LogP contribution in [0.5, 0.6) is 0 Å². The first-order chi connectivity index (χ1) is 9.47. The maximum absolute atomic E-state index is 11.7. The van der Waals surface area contributed by atoms with Crippen LogP contribution in [0.4, 0.5) is 0 Å². The van der Waals surface area contributed by atoms with E-state index in [-0.39, 0.29) is 12.0 Å². The normalized spacial score (nSPS) is 14.2. The molecule has 0 radical (unpaired) electrons. The van der Waals surface area contributed by atoms with Crippen molar-refractivity contribution in [2.75, 3.05) is 6.54 Å². The Hall–Kier alpha value is -1.61. The topological polar surface area (TPSA) is 49.3 Å². The fourth-order valence-electron chi connectivity index (χ4n) is 2.01. The molecule has 3 nitrogen and oxygen atoms in total. The average Bonchev–Trinajstić information content (AvgIpc) is 2.38. The van der Waals surface area contributed by atoms with Crippen LogP contribution in [0.2, 0.25) is 0 Å². The highest BCUT2D eigenvalue weighted by molar-refractivity contribution is 5.78. The van der Waals surface area contributed by atoms with Crippen LogP contribution in [-0.2, 0) is 4.79 Å². The summed E-state index contributed by atoms with van der Waals surface area (Å²) in [5.41, 5.74) is 2.33. The monoisotopic (exact) mass is 275 g/mol. The molecule has 2 atom stereocenters. The first-order valence-electron chi connectivity index (χ1n) is 7.15. The number of nitrogens with one attached hydrogen (secondary N) is 1. The lowest BCUT2D eigenvalue weighted by molar-refractivity contribution is -0.120. The third kappa shape index (κ3) is 7.10. The van der Waals surface area contributed by atoms with Crippen LogP contribution >= 0.6 is 0 Å².